The standard InChI is InChI=1S/C23H30N2O5/c1-22(2,3)29-20(26)19-12-18(14-25(19)21(27)30-23(4,5)6)28-17-8-7-15-9-10-24-13-16(15)11-17/h7-11,13,18-19H,12,14H2,1-6H3/t18-,19?/m0/s1. The molecule has 7 heteroatoms. The maximum atomic E-state index is 12.8. The van der Waals surface area contributed by atoms with E-state index in [0.29, 0.717) is 12.2 Å². The van der Waals surface area contributed by atoms with Crippen LogP contribution in [-0.2, 0) is 14.3 Å². The third-order valence-electron chi connectivity index (χ3n) is 4.48. The second kappa shape index (κ2) is 8.13. The van der Waals surface area contributed by atoms with Crippen LogP contribution in [0.15, 0.2) is 36.7 Å². The molecule has 30 heavy (non-hydrogen) atoms. The molecule has 2 aromatic rings. The van der Waals surface area contributed by atoms with Crippen LogP contribution in [0.25, 0.3) is 10.8 Å². The van der Waals surface area contributed by atoms with Gasteiger partial charge in [0.25, 0.3) is 0 Å². The molecule has 7 nitrogen and oxygen atoms in total. The van der Waals surface area contributed by atoms with Gasteiger partial charge in [0.2, 0.25) is 0 Å². The minimum Gasteiger partial charge on any atom is -0.488 e. The summed E-state index contributed by atoms with van der Waals surface area (Å²) in [6.07, 6.45) is 2.94. The van der Waals surface area contributed by atoms with E-state index in [1.54, 1.807) is 53.9 Å². The Kier molecular flexibility index (Phi) is 5.92. The predicted molar refractivity (Wildman–Crippen MR) is 113 cm³/mol. The molecule has 2 heterocycles. The van der Waals surface area contributed by atoms with E-state index < -0.39 is 29.3 Å². The number of ether oxygens (including phenoxy) is 3. The lowest BCUT2D eigenvalue weighted by Crippen LogP contribution is -2.45. The smallest absolute Gasteiger partial charge is 0.411 e. The lowest BCUT2D eigenvalue weighted by atomic mass is 10.1. The molecule has 2 atom stereocenters. The molecule has 1 aliphatic rings. The third-order valence-corrected chi connectivity index (χ3v) is 4.48. The van der Waals surface area contributed by atoms with Crippen molar-refractivity contribution in [1.29, 1.82) is 0 Å². The summed E-state index contributed by atoms with van der Waals surface area (Å²) in [6, 6.07) is 6.91. The Labute approximate surface area is 177 Å². The summed E-state index contributed by atoms with van der Waals surface area (Å²) in [5, 5.41) is 2.02. The van der Waals surface area contributed by atoms with Gasteiger partial charge in [0.05, 0.1) is 6.54 Å². The van der Waals surface area contributed by atoms with Crippen LogP contribution >= 0.6 is 0 Å². The van der Waals surface area contributed by atoms with E-state index in [2.05, 4.69) is 4.98 Å². The molecule has 0 spiro atoms. The zero-order valence-corrected chi connectivity index (χ0v) is 18.5. The lowest BCUT2D eigenvalue weighted by Gasteiger charge is -2.29. The number of hydrogen-bond acceptors (Lipinski definition) is 6. The summed E-state index contributed by atoms with van der Waals surface area (Å²) in [5.74, 6) is 0.205. The molecule has 162 valence electrons. The maximum Gasteiger partial charge on any atom is 0.411 e. The molecule has 3 rings (SSSR count). The second-order valence-corrected chi connectivity index (χ2v) is 9.54. The number of hydrogen-bond donors (Lipinski definition) is 0. The number of amides is 1. The van der Waals surface area contributed by atoms with E-state index >= 15 is 0 Å². The van der Waals surface area contributed by atoms with E-state index in [-0.39, 0.29) is 12.6 Å². The molecule has 1 unspecified atom stereocenters. The van der Waals surface area contributed by atoms with E-state index in [4.69, 9.17) is 14.2 Å². The minimum atomic E-state index is -0.758. The Morgan fingerprint density at radius 1 is 1.00 bits per heavy atom. The van der Waals surface area contributed by atoms with Gasteiger partial charge in [0, 0.05) is 24.2 Å². The molecule has 1 aromatic carbocycles. The number of aromatic nitrogens is 1. The first-order chi connectivity index (χ1) is 13.9. The summed E-state index contributed by atoms with van der Waals surface area (Å²) >= 11 is 0. The van der Waals surface area contributed by atoms with Crippen LogP contribution in [-0.4, -0.2) is 51.8 Å². The Balaban J connectivity index is 1.78. The van der Waals surface area contributed by atoms with Crippen molar-refractivity contribution in [3.05, 3.63) is 36.7 Å². The van der Waals surface area contributed by atoms with Crippen molar-refractivity contribution in [2.75, 3.05) is 6.54 Å². The van der Waals surface area contributed by atoms with Crippen LogP contribution in [0.2, 0.25) is 0 Å². The van der Waals surface area contributed by atoms with Gasteiger partial charge < -0.3 is 14.2 Å². The first-order valence-electron chi connectivity index (χ1n) is 10.1. The van der Waals surface area contributed by atoms with Gasteiger partial charge in [0.15, 0.2) is 0 Å². The summed E-state index contributed by atoms with van der Waals surface area (Å²) in [6.45, 7) is 11.0. The van der Waals surface area contributed by atoms with Crippen LogP contribution in [0.4, 0.5) is 4.79 Å². The van der Waals surface area contributed by atoms with Crippen molar-refractivity contribution in [2.45, 2.75) is 71.3 Å². The van der Waals surface area contributed by atoms with Crippen molar-refractivity contribution < 1.29 is 23.8 Å². The SMILES string of the molecule is CC(C)(C)OC(=O)C1C[C@H](Oc2ccc3ccncc3c2)CN1C(=O)OC(C)(C)C. The van der Waals surface area contributed by atoms with Crippen LogP contribution in [0, 0.1) is 0 Å². The number of carbonyl (C=O) groups is 2. The average Bonchev–Trinajstić information content (AvgIpc) is 3.03. The Morgan fingerprint density at radius 3 is 2.37 bits per heavy atom. The Bertz CT molecular complexity index is 893. The highest BCUT2D eigenvalue weighted by Crippen LogP contribution is 2.28. The summed E-state index contributed by atoms with van der Waals surface area (Å²) < 4.78 is 17.2. The molecule has 1 aliphatic heterocycles. The zero-order valence-electron chi connectivity index (χ0n) is 18.5. The van der Waals surface area contributed by atoms with Gasteiger partial charge in [0.1, 0.15) is 29.1 Å². The van der Waals surface area contributed by atoms with Crippen molar-refractivity contribution in [3.8, 4) is 5.75 Å². The zero-order chi connectivity index (χ0) is 22.1. The van der Waals surface area contributed by atoms with Gasteiger partial charge >= 0.3 is 12.1 Å². The summed E-state index contributed by atoms with van der Waals surface area (Å²) in [4.78, 5) is 31.1. The van der Waals surface area contributed by atoms with Gasteiger partial charge in [-0.05, 0) is 65.1 Å². The molecule has 0 bridgehead atoms. The first kappa shape index (κ1) is 21.9. The maximum absolute atomic E-state index is 12.8. The van der Waals surface area contributed by atoms with Gasteiger partial charge in [-0.15, -0.1) is 0 Å². The number of fused-ring (bicyclic) bond motifs is 1. The molecule has 1 saturated heterocycles. The fourth-order valence-corrected chi connectivity index (χ4v) is 3.33. The minimum absolute atomic E-state index is 0.240. The summed E-state index contributed by atoms with van der Waals surface area (Å²) in [5.41, 5.74) is -1.32. The van der Waals surface area contributed by atoms with E-state index in [9.17, 15) is 9.59 Å². The molecule has 0 radical (unpaired) electrons. The normalized spacial score (nSPS) is 19.6. The van der Waals surface area contributed by atoms with Crippen molar-refractivity contribution >= 4 is 22.8 Å². The number of nitrogens with zero attached hydrogens (tertiary/aromatic N) is 2. The van der Waals surface area contributed by atoms with Gasteiger partial charge in [-0.3, -0.25) is 9.88 Å². The number of esters is 1. The Hall–Kier alpha value is -2.83. The average molecular weight is 415 g/mol. The van der Waals surface area contributed by atoms with E-state index in [1.807, 2.05) is 24.3 Å². The first-order valence-corrected chi connectivity index (χ1v) is 10.1. The molecule has 1 aromatic heterocycles. The second-order valence-electron chi connectivity index (χ2n) is 9.54. The highest BCUT2D eigenvalue weighted by Gasteiger charge is 2.44. The van der Waals surface area contributed by atoms with Gasteiger partial charge in [-0.1, -0.05) is 6.07 Å². The van der Waals surface area contributed by atoms with Crippen molar-refractivity contribution in [1.82, 2.24) is 9.88 Å². The fraction of sp³-hybridized carbons (Fsp3) is 0.522. The highest BCUT2D eigenvalue weighted by molar-refractivity contribution is 5.83. The van der Waals surface area contributed by atoms with Crippen LogP contribution < -0.4 is 4.74 Å². The monoisotopic (exact) mass is 414 g/mol. The van der Waals surface area contributed by atoms with Crippen molar-refractivity contribution in [3.63, 3.8) is 0 Å². The predicted octanol–water partition coefficient (Wildman–Crippen LogP) is 4.33. The molecule has 0 N–H and O–H groups in total. The van der Waals surface area contributed by atoms with Crippen LogP contribution in [0.3, 0.4) is 0 Å². The van der Waals surface area contributed by atoms with Crippen LogP contribution in [0.5, 0.6) is 5.75 Å². The molecular weight excluding hydrogens is 384 g/mol. The number of carbonyl (C=O) groups excluding carboxylic acids is 2. The summed E-state index contributed by atoms with van der Waals surface area (Å²) in [7, 11) is 0. The van der Waals surface area contributed by atoms with Gasteiger partial charge in [-0.2, -0.15) is 0 Å². The Morgan fingerprint density at radius 2 is 1.70 bits per heavy atom. The van der Waals surface area contributed by atoms with Crippen molar-refractivity contribution in [2.24, 2.45) is 0 Å². The molecule has 0 saturated carbocycles. The van der Waals surface area contributed by atoms with E-state index in [0.717, 1.165) is 10.8 Å². The molecule has 1 fully saturated rings. The topological polar surface area (TPSA) is 78.0 Å². The number of rotatable bonds is 3. The molecular formula is C23H30N2O5. The highest BCUT2D eigenvalue weighted by atomic mass is 16.6. The van der Waals surface area contributed by atoms with Crippen LogP contribution in [0.1, 0.15) is 48.0 Å². The molecule has 1 amide bonds. The number of benzene rings is 1. The molecule has 0 aliphatic carbocycles. The fourth-order valence-electron chi connectivity index (χ4n) is 3.33. The lowest BCUT2D eigenvalue weighted by molar-refractivity contribution is -0.160. The number of likely N-dealkylation sites (tertiary alicyclic amines) is 1. The third kappa shape index (κ3) is 5.62. The quantitative estimate of drug-likeness (QED) is 0.696. The number of pyridine rings is 1. The van der Waals surface area contributed by atoms with Gasteiger partial charge in [-0.25, -0.2) is 9.59 Å². The van der Waals surface area contributed by atoms with E-state index in [1.165, 1.54) is 4.90 Å². The largest absolute Gasteiger partial charge is 0.488 e.